The summed E-state index contributed by atoms with van der Waals surface area (Å²) in [6, 6.07) is 33.3. The number of ether oxygens (including phenoxy) is 3. The number of methoxy groups -OCH3 is 1. The highest BCUT2D eigenvalue weighted by atomic mass is 16.5. The lowest BCUT2D eigenvalue weighted by molar-refractivity contribution is -0.142. The van der Waals surface area contributed by atoms with Crippen LogP contribution in [-0.4, -0.2) is 31.6 Å². The molecule has 0 saturated carbocycles. The monoisotopic (exact) mass is 521 g/mol. The Kier molecular flexibility index (Phi) is 9.90. The van der Waals surface area contributed by atoms with Gasteiger partial charge in [0.05, 0.1) is 7.11 Å². The second-order valence-electron chi connectivity index (χ2n) is 8.82. The molecule has 0 radical (unpaired) electrons. The number of hydrogen-bond acceptors (Lipinski definition) is 5. The fraction of sp³-hybridized carbons (Fsp3) is 0.152. The van der Waals surface area contributed by atoms with Crippen LogP contribution in [0.2, 0.25) is 0 Å². The summed E-state index contributed by atoms with van der Waals surface area (Å²) < 4.78 is 16.5. The van der Waals surface area contributed by atoms with E-state index in [1.54, 1.807) is 24.3 Å². The molecular weight excluding hydrogens is 490 g/mol. The van der Waals surface area contributed by atoms with Crippen molar-refractivity contribution in [1.82, 2.24) is 5.32 Å². The van der Waals surface area contributed by atoms with Gasteiger partial charge in [0.25, 0.3) is 5.91 Å². The average Bonchev–Trinajstić information content (AvgIpc) is 2.99. The van der Waals surface area contributed by atoms with Crippen LogP contribution < -0.4 is 14.8 Å². The number of benzene rings is 4. The lowest BCUT2D eigenvalue weighted by Crippen LogP contribution is -2.43. The van der Waals surface area contributed by atoms with Crippen molar-refractivity contribution in [1.29, 1.82) is 0 Å². The number of nitrogens with one attached hydrogen (secondary N) is 1. The molecule has 1 atom stereocenters. The fourth-order valence-electron chi connectivity index (χ4n) is 3.87. The highest BCUT2D eigenvalue weighted by Gasteiger charge is 2.22. The van der Waals surface area contributed by atoms with Crippen LogP contribution in [0.25, 0.3) is 6.08 Å². The molecule has 1 amide bonds. The molecule has 0 aliphatic rings. The number of esters is 1. The van der Waals surface area contributed by atoms with Crippen LogP contribution in [0.4, 0.5) is 0 Å². The van der Waals surface area contributed by atoms with E-state index in [1.807, 2.05) is 97.1 Å². The summed E-state index contributed by atoms with van der Waals surface area (Å²) in [5.74, 6) is 0.476. The van der Waals surface area contributed by atoms with E-state index in [0.717, 1.165) is 22.4 Å². The molecule has 0 aromatic heterocycles. The number of amides is 1. The first kappa shape index (κ1) is 27.2. The van der Waals surface area contributed by atoms with Crippen LogP contribution in [0.3, 0.4) is 0 Å². The molecule has 6 heteroatoms. The van der Waals surface area contributed by atoms with Crippen molar-refractivity contribution >= 4 is 18.0 Å². The lowest BCUT2D eigenvalue weighted by atomic mass is 10.0. The Balaban J connectivity index is 1.29. The van der Waals surface area contributed by atoms with Crippen molar-refractivity contribution in [3.8, 4) is 11.5 Å². The van der Waals surface area contributed by atoms with Crippen molar-refractivity contribution in [3.05, 3.63) is 138 Å². The molecule has 4 aromatic rings. The van der Waals surface area contributed by atoms with E-state index in [2.05, 4.69) is 5.32 Å². The Hall–Kier alpha value is -4.84. The topological polar surface area (TPSA) is 73.9 Å². The van der Waals surface area contributed by atoms with E-state index in [-0.39, 0.29) is 12.3 Å². The Morgan fingerprint density at radius 2 is 1.36 bits per heavy atom. The van der Waals surface area contributed by atoms with E-state index < -0.39 is 12.0 Å². The molecule has 0 spiro atoms. The SMILES string of the molecule is COC(=O)[C@H](Cc1ccc(OCc2ccccc2)cc1)NC(=O)c1ccc(OC/C=C/c2ccccc2)cc1. The molecule has 4 aromatic carbocycles. The first-order valence-corrected chi connectivity index (χ1v) is 12.7. The molecule has 198 valence electrons. The number of hydrogen-bond donors (Lipinski definition) is 1. The second kappa shape index (κ2) is 14.2. The third-order valence-corrected chi connectivity index (χ3v) is 5.98. The van der Waals surface area contributed by atoms with Crippen molar-refractivity contribution in [2.75, 3.05) is 13.7 Å². The van der Waals surface area contributed by atoms with Gasteiger partial charge in [-0.3, -0.25) is 4.79 Å². The summed E-state index contributed by atoms with van der Waals surface area (Å²) in [5.41, 5.74) is 3.46. The van der Waals surface area contributed by atoms with Gasteiger partial charge >= 0.3 is 5.97 Å². The zero-order chi connectivity index (χ0) is 27.3. The van der Waals surface area contributed by atoms with Crippen LogP contribution in [0, 0.1) is 0 Å². The maximum Gasteiger partial charge on any atom is 0.328 e. The predicted molar refractivity (Wildman–Crippen MR) is 152 cm³/mol. The van der Waals surface area contributed by atoms with Gasteiger partial charge in [0.2, 0.25) is 0 Å². The largest absolute Gasteiger partial charge is 0.490 e. The Bertz CT molecular complexity index is 1350. The van der Waals surface area contributed by atoms with Gasteiger partial charge in [-0.05, 0) is 59.2 Å². The van der Waals surface area contributed by atoms with Gasteiger partial charge in [0.15, 0.2) is 0 Å². The lowest BCUT2D eigenvalue weighted by Gasteiger charge is -2.17. The normalized spacial score (nSPS) is 11.5. The van der Waals surface area contributed by atoms with E-state index in [4.69, 9.17) is 14.2 Å². The van der Waals surface area contributed by atoms with Crippen LogP contribution in [0.5, 0.6) is 11.5 Å². The Morgan fingerprint density at radius 1 is 0.744 bits per heavy atom. The molecule has 6 nitrogen and oxygen atoms in total. The first-order valence-electron chi connectivity index (χ1n) is 12.7. The summed E-state index contributed by atoms with van der Waals surface area (Å²) >= 11 is 0. The minimum absolute atomic E-state index is 0.284. The van der Waals surface area contributed by atoms with Crippen LogP contribution in [-0.2, 0) is 22.6 Å². The molecule has 1 N–H and O–H groups in total. The molecule has 0 bridgehead atoms. The van der Waals surface area contributed by atoms with Gasteiger partial charge in [0, 0.05) is 12.0 Å². The summed E-state index contributed by atoms with van der Waals surface area (Å²) in [6.07, 6.45) is 4.20. The Labute approximate surface area is 228 Å². The van der Waals surface area contributed by atoms with E-state index >= 15 is 0 Å². The third-order valence-electron chi connectivity index (χ3n) is 5.98. The molecule has 0 aliphatic carbocycles. The molecule has 0 aliphatic heterocycles. The Morgan fingerprint density at radius 3 is 2.03 bits per heavy atom. The average molecular weight is 522 g/mol. The van der Waals surface area contributed by atoms with Gasteiger partial charge in [-0.15, -0.1) is 0 Å². The minimum Gasteiger partial charge on any atom is -0.490 e. The van der Waals surface area contributed by atoms with Gasteiger partial charge in [-0.1, -0.05) is 78.9 Å². The summed E-state index contributed by atoms with van der Waals surface area (Å²) in [4.78, 5) is 25.3. The fourth-order valence-corrected chi connectivity index (χ4v) is 3.87. The summed E-state index contributed by atoms with van der Waals surface area (Å²) in [7, 11) is 1.31. The molecule has 0 heterocycles. The quantitative estimate of drug-likeness (QED) is 0.236. The van der Waals surface area contributed by atoms with Gasteiger partial charge in [0.1, 0.15) is 30.8 Å². The molecule has 39 heavy (non-hydrogen) atoms. The number of rotatable bonds is 12. The maximum absolute atomic E-state index is 12.9. The van der Waals surface area contributed by atoms with E-state index in [0.29, 0.717) is 24.5 Å². The number of carbonyl (C=O) groups excluding carboxylic acids is 2. The van der Waals surface area contributed by atoms with Crippen LogP contribution in [0.15, 0.2) is 115 Å². The predicted octanol–water partition coefficient (Wildman–Crippen LogP) is 5.87. The molecule has 4 rings (SSSR count). The first-order chi connectivity index (χ1) is 19.1. The molecule has 0 unspecified atom stereocenters. The molecular formula is C33H31NO5. The zero-order valence-electron chi connectivity index (χ0n) is 21.8. The van der Waals surface area contributed by atoms with Crippen molar-refractivity contribution < 1.29 is 23.8 Å². The van der Waals surface area contributed by atoms with Crippen molar-refractivity contribution in [3.63, 3.8) is 0 Å². The maximum atomic E-state index is 12.9. The highest BCUT2D eigenvalue weighted by molar-refractivity contribution is 5.96. The van der Waals surface area contributed by atoms with Crippen LogP contribution in [0.1, 0.15) is 27.0 Å². The smallest absolute Gasteiger partial charge is 0.328 e. The summed E-state index contributed by atoms with van der Waals surface area (Å²) in [5, 5.41) is 2.79. The summed E-state index contributed by atoms with van der Waals surface area (Å²) in [6.45, 7) is 0.871. The molecule has 0 saturated heterocycles. The van der Waals surface area contributed by atoms with E-state index in [1.165, 1.54) is 7.11 Å². The minimum atomic E-state index is -0.836. The molecule has 0 fully saturated rings. The van der Waals surface area contributed by atoms with E-state index in [9.17, 15) is 9.59 Å². The van der Waals surface area contributed by atoms with Crippen LogP contribution >= 0.6 is 0 Å². The highest BCUT2D eigenvalue weighted by Crippen LogP contribution is 2.17. The van der Waals surface area contributed by atoms with Gasteiger partial charge in [-0.2, -0.15) is 0 Å². The third kappa shape index (κ3) is 8.61. The zero-order valence-corrected chi connectivity index (χ0v) is 21.8. The van der Waals surface area contributed by atoms with Gasteiger partial charge in [-0.25, -0.2) is 4.79 Å². The second-order valence-corrected chi connectivity index (χ2v) is 8.82. The van der Waals surface area contributed by atoms with Gasteiger partial charge < -0.3 is 19.5 Å². The van der Waals surface area contributed by atoms with Crippen molar-refractivity contribution in [2.45, 2.75) is 19.1 Å². The standard InChI is InChI=1S/C33H31NO5/c1-37-33(36)31(23-26-14-18-30(19-15-26)39-24-27-11-6-3-7-12-27)34-32(35)28-16-20-29(21-17-28)38-22-8-13-25-9-4-2-5-10-25/h2-21,31H,22-24H2,1H3,(H,34,35)/b13-8+/t31-/m0/s1. The number of carbonyl (C=O) groups is 2. The van der Waals surface area contributed by atoms with Crippen molar-refractivity contribution in [2.24, 2.45) is 0 Å².